The Bertz CT molecular complexity index is 1430. The van der Waals surface area contributed by atoms with E-state index in [2.05, 4.69) is 20.4 Å². The number of amides is 1. The van der Waals surface area contributed by atoms with Gasteiger partial charge in [-0.1, -0.05) is 19.8 Å². The number of nitrogens with one attached hydrogen (secondary N) is 1. The number of hydrogen-bond donors (Lipinski definition) is 1. The number of pyridine rings is 2. The van der Waals surface area contributed by atoms with Gasteiger partial charge < -0.3 is 5.32 Å². The summed E-state index contributed by atoms with van der Waals surface area (Å²) in [5, 5.41) is 7.94. The van der Waals surface area contributed by atoms with Crippen LogP contribution in [0.25, 0.3) is 16.6 Å². The van der Waals surface area contributed by atoms with E-state index in [1.807, 2.05) is 6.92 Å². The molecule has 0 radical (unpaired) electrons. The zero-order valence-corrected chi connectivity index (χ0v) is 19.6. The van der Waals surface area contributed by atoms with Crippen LogP contribution >= 0.6 is 0 Å². The fourth-order valence-electron chi connectivity index (χ4n) is 3.72. The van der Waals surface area contributed by atoms with Crippen LogP contribution in [0.3, 0.4) is 0 Å². The summed E-state index contributed by atoms with van der Waals surface area (Å²) in [5.74, 6) is -0.706. The number of halogens is 1. The van der Waals surface area contributed by atoms with Crippen molar-refractivity contribution in [2.24, 2.45) is 0 Å². The van der Waals surface area contributed by atoms with Gasteiger partial charge in [0, 0.05) is 24.0 Å². The molecule has 10 heteroatoms. The summed E-state index contributed by atoms with van der Waals surface area (Å²) >= 11 is 0. The lowest BCUT2D eigenvalue weighted by molar-refractivity contribution is 0.0935. The Hall–Kier alpha value is -3.66. The highest BCUT2D eigenvalue weighted by molar-refractivity contribution is 7.90. The molecule has 1 aromatic carbocycles. The summed E-state index contributed by atoms with van der Waals surface area (Å²) in [4.78, 5) is 21.5. The summed E-state index contributed by atoms with van der Waals surface area (Å²) < 4.78 is 38.8. The first-order valence-electron chi connectivity index (χ1n) is 10.8. The van der Waals surface area contributed by atoms with Gasteiger partial charge in [0.1, 0.15) is 5.82 Å². The molecule has 1 N–H and O–H groups in total. The van der Waals surface area contributed by atoms with Gasteiger partial charge in [0.25, 0.3) is 5.91 Å². The van der Waals surface area contributed by atoms with Crippen molar-refractivity contribution < 1.29 is 17.6 Å². The molecule has 0 saturated carbocycles. The van der Waals surface area contributed by atoms with Gasteiger partial charge in [-0.05, 0) is 48.4 Å². The van der Waals surface area contributed by atoms with Crippen LogP contribution in [0.4, 0.5) is 4.39 Å². The van der Waals surface area contributed by atoms with Crippen molar-refractivity contribution in [2.45, 2.75) is 37.3 Å². The van der Waals surface area contributed by atoms with Crippen molar-refractivity contribution in [3.05, 3.63) is 78.1 Å². The number of nitrogens with zero attached hydrogens (tertiary/aromatic N) is 4. The topological polar surface area (TPSA) is 107 Å². The molecule has 3 heterocycles. The Morgan fingerprint density at radius 1 is 1.15 bits per heavy atom. The van der Waals surface area contributed by atoms with Crippen molar-refractivity contribution in [1.29, 1.82) is 0 Å². The minimum atomic E-state index is -3.48. The number of fused-ring (bicyclic) bond motifs is 1. The highest BCUT2D eigenvalue weighted by atomic mass is 32.2. The maximum absolute atomic E-state index is 13.3. The fourth-order valence-corrected chi connectivity index (χ4v) is 4.32. The molecule has 34 heavy (non-hydrogen) atoms. The summed E-state index contributed by atoms with van der Waals surface area (Å²) in [7, 11) is -3.48. The molecule has 0 aliphatic rings. The first kappa shape index (κ1) is 23.5. The average molecular weight is 482 g/mol. The lowest BCUT2D eigenvalue weighted by Gasteiger charge is -2.19. The number of aromatic nitrogens is 4. The molecule has 1 amide bonds. The molecule has 176 valence electrons. The predicted octanol–water partition coefficient (Wildman–Crippen LogP) is 4.02. The summed E-state index contributed by atoms with van der Waals surface area (Å²) in [6, 6.07) is 8.67. The molecule has 3 aromatic heterocycles. The van der Waals surface area contributed by atoms with Gasteiger partial charge in [0.2, 0.25) is 0 Å². The minimum Gasteiger partial charge on any atom is -0.345 e. The van der Waals surface area contributed by atoms with Gasteiger partial charge >= 0.3 is 0 Å². The number of unbranched alkanes of at least 4 members (excludes halogenated alkanes) is 1. The van der Waals surface area contributed by atoms with Crippen LogP contribution in [0.15, 0.2) is 66.2 Å². The molecule has 0 spiro atoms. The van der Waals surface area contributed by atoms with Gasteiger partial charge in [-0.3, -0.25) is 9.78 Å². The van der Waals surface area contributed by atoms with Crippen LogP contribution in [0, 0.1) is 5.82 Å². The minimum absolute atomic E-state index is 0.0370. The zero-order valence-electron chi connectivity index (χ0n) is 18.8. The van der Waals surface area contributed by atoms with E-state index >= 15 is 0 Å². The molecule has 0 unspecified atom stereocenters. The predicted molar refractivity (Wildman–Crippen MR) is 126 cm³/mol. The highest BCUT2D eigenvalue weighted by Crippen LogP contribution is 2.25. The van der Waals surface area contributed by atoms with E-state index in [1.165, 1.54) is 30.6 Å². The van der Waals surface area contributed by atoms with E-state index in [1.54, 1.807) is 35.3 Å². The Labute approximate surface area is 196 Å². The van der Waals surface area contributed by atoms with Gasteiger partial charge in [-0.15, -0.1) is 0 Å². The lowest BCUT2D eigenvalue weighted by Crippen LogP contribution is -2.29. The number of carbonyl (C=O) groups is 1. The maximum Gasteiger partial charge on any atom is 0.254 e. The van der Waals surface area contributed by atoms with Crippen LogP contribution in [0.5, 0.6) is 0 Å². The van der Waals surface area contributed by atoms with Gasteiger partial charge in [-0.2, -0.15) is 5.10 Å². The number of carbonyl (C=O) groups excluding carboxylic acids is 1. The lowest BCUT2D eigenvalue weighted by atomic mass is 10.0. The fraction of sp³-hybridized carbons (Fsp3) is 0.250. The van der Waals surface area contributed by atoms with Crippen molar-refractivity contribution >= 4 is 26.6 Å². The van der Waals surface area contributed by atoms with Crippen molar-refractivity contribution in [3.8, 4) is 5.69 Å². The third kappa shape index (κ3) is 4.96. The standard InChI is InChI=1S/C24H24FN5O3S/c1-3-4-5-21(16-10-11-27-23(12-16)34(2,32)33)29-24(31)20-13-26-15-22-19(20)14-28-30(22)18-8-6-17(25)7-9-18/h6-15,21H,3-5H2,1-2H3,(H,29,31)/t21-/m0/s1. The molecule has 0 fully saturated rings. The average Bonchev–Trinajstić information content (AvgIpc) is 3.26. The van der Waals surface area contributed by atoms with E-state index < -0.39 is 15.9 Å². The maximum atomic E-state index is 13.3. The molecule has 0 aliphatic heterocycles. The quantitative estimate of drug-likeness (QED) is 0.407. The van der Waals surface area contributed by atoms with E-state index in [0.29, 0.717) is 34.1 Å². The van der Waals surface area contributed by atoms with Crippen LogP contribution in [-0.4, -0.2) is 40.3 Å². The highest BCUT2D eigenvalue weighted by Gasteiger charge is 2.21. The summed E-state index contributed by atoms with van der Waals surface area (Å²) in [5.41, 5.74) is 2.25. The molecule has 4 aromatic rings. The number of hydrogen-bond acceptors (Lipinski definition) is 6. The molecular formula is C24H24FN5O3S. The smallest absolute Gasteiger partial charge is 0.254 e. The molecule has 8 nitrogen and oxygen atoms in total. The molecule has 0 saturated heterocycles. The largest absolute Gasteiger partial charge is 0.345 e. The molecular weight excluding hydrogens is 457 g/mol. The Kier molecular flexibility index (Phi) is 6.69. The van der Waals surface area contributed by atoms with Crippen molar-refractivity contribution in [2.75, 3.05) is 6.26 Å². The SMILES string of the molecule is CCCC[C@H](NC(=O)c1cncc2c1cnn2-c1ccc(F)cc1)c1ccnc(S(C)(=O)=O)c1. The number of benzene rings is 1. The van der Waals surface area contributed by atoms with Gasteiger partial charge in [0.15, 0.2) is 14.9 Å². The van der Waals surface area contributed by atoms with E-state index in [0.717, 1.165) is 19.1 Å². The van der Waals surface area contributed by atoms with Crippen LogP contribution in [0.1, 0.15) is 48.1 Å². The second-order valence-corrected chi connectivity index (χ2v) is 9.98. The van der Waals surface area contributed by atoms with Crippen molar-refractivity contribution in [1.82, 2.24) is 25.1 Å². The Balaban J connectivity index is 1.67. The van der Waals surface area contributed by atoms with Crippen LogP contribution < -0.4 is 5.32 Å². The zero-order chi connectivity index (χ0) is 24.3. The second kappa shape index (κ2) is 9.68. The molecule has 1 atom stereocenters. The third-order valence-corrected chi connectivity index (χ3v) is 6.49. The second-order valence-electron chi connectivity index (χ2n) is 8.02. The van der Waals surface area contributed by atoms with Crippen LogP contribution in [-0.2, 0) is 9.84 Å². The first-order chi connectivity index (χ1) is 16.3. The third-order valence-electron chi connectivity index (χ3n) is 5.51. The van der Waals surface area contributed by atoms with Gasteiger partial charge in [-0.25, -0.2) is 22.5 Å². The first-order valence-corrected chi connectivity index (χ1v) is 12.7. The molecule has 0 bridgehead atoms. The normalized spacial score (nSPS) is 12.6. The van der Waals surface area contributed by atoms with Gasteiger partial charge in [0.05, 0.1) is 35.2 Å². The van der Waals surface area contributed by atoms with E-state index in [9.17, 15) is 17.6 Å². The Morgan fingerprint density at radius 2 is 1.91 bits per heavy atom. The Morgan fingerprint density at radius 3 is 2.62 bits per heavy atom. The summed E-state index contributed by atoms with van der Waals surface area (Å²) in [6.45, 7) is 2.04. The van der Waals surface area contributed by atoms with E-state index in [-0.39, 0.29) is 16.8 Å². The van der Waals surface area contributed by atoms with E-state index in [4.69, 9.17) is 0 Å². The number of sulfone groups is 1. The molecule has 4 rings (SSSR count). The monoisotopic (exact) mass is 481 g/mol. The van der Waals surface area contributed by atoms with Crippen molar-refractivity contribution in [3.63, 3.8) is 0 Å². The number of rotatable bonds is 8. The summed E-state index contributed by atoms with van der Waals surface area (Å²) in [6.07, 6.45) is 9.57. The molecule has 0 aliphatic carbocycles. The van der Waals surface area contributed by atoms with Crippen LogP contribution in [0.2, 0.25) is 0 Å².